The minimum Gasteiger partial charge on any atom is -0.491 e. The van der Waals surface area contributed by atoms with Crippen LogP contribution in [0.25, 0.3) is 28.3 Å². The first-order valence-corrected chi connectivity index (χ1v) is 15.9. The highest BCUT2D eigenvalue weighted by molar-refractivity contribution is 5.94. The summed E-state index contributed by atoms with van der Waals surface area (Å²) < 4.78 is 19.3. The molecule has 1 aliphatic heterocycles. The lowest BCUT2D eigenvalue weighted by molar-refractivity contribution is -0.127. The Morgan fingerprint density at radius 2 is 1.77 bits per heavy atom. The summed E-state index contributed by atoms with van der Waals surface area (Å²) in [5.74, 6) is 1.63. The molecular formula is C34H38N10O4. The number of carbonyl (C=O) groups is 1. The van der Waals surface area contributed by atoms with Gasteiger partial charge in [-0.2, -0.15) is 14.6 Å². The zero-order valence-corrected chi connectivity index (χ0v) is 27.0. The number of nitrogens with one attached hydrogen (secondary N) is 1. The lowest BCUT2D eigenvalue weighted by atomic mass is 9.91. The Bertz CT molecular complexity index is 1980. The molecule has 1 fully saturated rings. The molecule has 0 radical (unpaired) electrons. The van der Waals surface area contributed by atoms with Crippen LogP contribution in [0.5, 0.6) is 5.75 Å². The normalized spacial score (nSPS) is 15.2. The number of carbonyl (C=O) groups excluding carboxylic acids is 1. The van der Waals surface area contributed by atoms with Gasteiger partial charge >= 0.3 is 0 Å². The summed E-state index contributed by atoms with van der Waals surface area (Å²) in [6, 6.07) is 21.3. The Kier molecular flexibility index (Phi) is 8.65. The van der Waals surface area contributed by atoms with Gasteiger partial charge in [0, 0.05) is 52.1 Å². The lowest BCUT2D eigenvalue weighted by Crippen LogP contribution is -2.51. The zero-order chi connectivity index (χ0) is 33.1. The third kappa shape index (κ3) is 5.91. The highest BCUT2D eigenvalue weighted by Gasteiger charge is 2.40. The van der Waals surface area contributed by atoms with Gasteiger partial charge in [0.15, 0.2) is 22.6 Å². The van der Waals surface area contributed by atoms with Crippen molar-refractivity contribution in [2.24, 2.45) is 0 Å². The second-order valence-corrected chi connectivity index (χ2v) is 11.8. The van der Waals surface area contributed by atoms with E-state index in [0.29, 0.717) is 48.0 Å². The maximum Gasteiger partial charge on any atom is 0.252 e. The van der Waals surface area contributed by atoms with E-state index in [1.807, 2.05) is 49.4 Å². The van der Waals surface area contributed by atoms with Gasteiger partial charge in [0.1, 0.15) is 12.4 Å². The van der Waals surface area contributed by atoms with Crippen molar-refractivity contribution < 1.29 is 18.7 Å². The van der Waals surface area contributed by atoms with Crippen molar-refractivity contribution in [3.05, 3.63) is 84.8 Å². The molecule has 14 nitrogen and oxygen atoms in total. The van der Waals surface area contributed by atoms with E-state index in [-0.39, 0.29) is 11.9 Å². The van der Waals surface area contributed by atoms with Crippen molar-refractivity contribution in [3.8, 4) is 17.3 Å². The molecule has 2 aromatic carbocycles. The van der Waals surface area contributed by atoms with E-state index in [2.05, 4.69) is 42.3 Å². The number of nitrogens with zero attached hydrogens (tertiary/aromatic N) is 8. The average Bonchev–Trinajstić information content (AvgIpc) is 3.90. The van der Waals surface area contributed by atoms with Crippen LogP contribution in [0.4, 0.5) is 11.6 Å². The number of furan rings is 1. The molecule has 1 amide bonds. The maximum absolute atomic E-state index is 14.2. The molecule has 1 atom stereocenters. The van der Waals surface area contributed by atoms with E-state index in [0.717, 1.165) is 44.0 Å². The molecule has 0 aliphatic carbocycles. The number of methoxy groups -OCH3 is 1. The molecule has 248 valence electrons. The Balaban J connectivity index is 1.05. The number of hydrogen-bond donors (Lipinski definition) is 2. The highest BCUT2D eigenvalue weighted by Crippen LogP contribution is 2.31. The van der Waals surface area contributed by atoms with Crippen molar-refractivity contribution in [1.29, 1.82) is 0 Å². The minimum atomic E-state index is -1.23. The van der Waals surface area contributed by atoms with Gasteiger partial charge in [0.2, 0.25) is 11.8 Å². The second kappa shape index (κ2) is 13.3. The summed E-state index contributed by atoms with van der Waals surface area (Å²) in [4.78, 5) is 28.2. The molecule has 4 aromatic heterocycles. The number of piperazine rings is 1. The quantitative estimate of drug-likeness (QED) is 0.188. The van der Waals surface area contributed by atoms with Crippen molar-refractivity contribution in [2.75, 3.05) is 70.2 Å². The fourth-order valence-corrected chi connectivity index (χ4v) is 6.08. The van der Waals surface area contributed by atoms with Crippen molar-refractivity contribution in [3.63, 3.8) is 0 Å². The van der Waals surface area contributed by atoms with Crippen LogP contribution in [0.15, 0.2) is 83.6 Å². The van der Waals surface area contributed by atoms with Crippen LogP contribution in [-0.4, -0.2) is 99.8 Å². The summed E-state index contributed by atoms with van der Waals surface area (Å²) in [6.07, 6.45) is 3.20. The molecule has 6 aromatic rings. The molecule has 0 saturated carbocycles. The lowest BCUT2D eigenvalue weighted by Gasteiger charge is -2.36. The maximum atomic E-state index is 14.2. The number of benzene rings is 2. The van der Waals surface area contributed by atoms with E-state index >= 15 is 0 Å². The van der Waals surface area contributed by atoms with E-state index in [9.17, 15) is 4.79 Å². The number of nitrogen functional groups attached to an aromatic ring is 1. The largest absolute Gasteiger partial charge is 0.491 e. The highest BCUT2D eigenvalue weighted by atomic mass is 16.5. The van der Waals surface area contributed by atoms with Crippen molar-refractivity contribution >= 4 is 34.2 Å². The van der Waals surface area contributed by atoms with Crippen LogP contribution in [0.1, 0.15) is 12.5 Å². The van der Waals surface area contributed by atoms with Crippen LogP contribution >= 0.6 is 0 Å². The van der Waals surface area contributed by atoms with Crippen LogP contribution in [0, 0.1) is 0 Å². The average molecular weight is 651 g/mol. The molecule has 1 saturated heterocycles. The zero-order valence-electron chi connectivity index (χ0n) is 27.0. The molecule has 14 heteroatoms. The predicted octanol–water partition coefficient (Wildman–Crippen LogP) is 3.04. The van der Waals surface area contributed by atoms with Gasteiger partial charge in [-0.3, -0.25) is 9.69 Å². The standard InChI is InChI=1S/C34H38N10O4/c1-34(24-7-4-3-5-8-24,44-31-27(23-37-44)30-38-29(28-9-6-20-48-28)40-43(30)33(35)39-31)32(45)36-14-15-41-16-18-42(19-17-41)25-10-12-26(13-11-25)47-22-21-46-2/h3-13,20,23H,14-19,21-22H2,1-2H3,(H2,35,39)(H,36,45). The Morgan fingerprint density at radius 3 is 2.50 bits per heavy atom. The summed E-state index contributed by atoms with van der Waals surface area (Å²) in [5.41, 5.74) is 7.96. The number of aromatic nitrogens is 6. The minimum absolute atomic E-state index is 0.117. The smallest absolute Gasteiger partial charge is 0.252 e. The Labute approximate surface area is 277 Å². The number of amides is 1. The van der Waals surface area contributed by atoms with Crippen LogP contribution in [-0.2, 0) is 15.1 Å². The monoisotopic (exact) mass is 650 g/mol. The molecule has 1 aliphatic rings. The third-order valence-electron chi connectivity index (χ3n) is 8.82. The number of ether oxygens (including phenoxy) is 2. The Hall–Kier alpha value is -5.47. The van der Waals surface area contributed by atoms with Gasteiger partial charge in [-0.05, 0) is 48.9 Å². The SMILES string of the molecule is COCCOc1ccc(N2CCN(CCNC(=O)C(C)(c3ccccc3)n3ncc4c3nc(N)n3nc(-c5ccco5)nc43)CC2)cc1. The predicted molar refractivity (Wildman–Crippen MR) is 181 cm³/mol. The van der Waals surface area contributed by atoms with Crippen LogP contribution in [0.2, 0.25) is 0 Å². The number of anilines is 2. The summed E-state index contributed by atoms with van der Waals surface area (Å²) >= 11 is 0. The van der Waals surface area contributed by atoms with E-state index in [1.165, 1.54) is 10.2 Å². The van der Waals surface area contributed by atoms with E-state index in [4.69, 9.17) is 24.7 Å². The first-order chi connectivity index (χ1) is 23.5. The number of rotatable bonds is 12. The van der Waals surface area contributed by atoms with Gasteiger partial charge in [0.25, 0.3) is 5.91 Å². The number of nitrogens with two attached hydrogens (primary N) is 1. The number of hydrogen-bond acceptors (Lipinski definition) is 11. The molecule has 3 N–H and O–H groups in total. The summed E-state index contributed by atoms with van der Waals surface area (Å²) in [5, 5.41) is 13.0. The van der Waals surface area contributed by atoms with Crippen LogP contribution < -0.4 is 20.7 Å². The molecule has 0 bridgehead atoms. The second-order valence-electron chi connectivity index (χ2n) is 11.8. The molecule has 7 rings (SSSR count). The van der Waals surface area contributed by atoms with Crippen LogP contribution in [0.3, 0.4) is 0 Å². The molecule has 5 heterocycles. The third-order valence-corrected chi connectivity index (χ3v) is 8.82. The topological polar surface area (TPSA) is 154 Å². The molecule has 0 spiro atoms. The fourth-order valence-electron chi connectivity index (χ4n) is 6.08. The molecule has 1 unspecified atom stereocenters. The molecular weight excluding hydrogens is 612 g/mol. The van der Waals surface area contributed by atoms with Gasteiger partial charge in [-0.1, -0.05) is 30.3 Å². The Morgan fingerprint density at radius 1 is 0.979 bits per heavy atom. The summed E-state index contributed by atoms with van der Waals surface area (Å²) in [6.45, 7) is 7.69. The molecule has 48 heavy (non-hydrogen) atoms. The van der Waals surface area contributed by atoms with Gasteiger partial charge in [-0.15, -0.1) is 5.10 Å². The fraction of sp³-hybridized carbons (Fsp3) is 0.324. The summed E-state index contributed by atoms with van der Waals surface area (Å²) in [7, 11) is 1.66. The van der Waals surface area contributed by atoms with Gasteiger partial charge in [-0.25, -0.2) is 9.67 Å². The van der Waals surface area contributed by atoms with Crippen molar-refractivity contribution in [1.82, 2.24) is 39.6 Å². The first kappa shape index (κ1) is 31.1. The van der Waals surface area contributed by atoms with Gasteiger partial charge in [0.05, 0.1) is 24.5 Å². The number of fused-ring (bicyclic) bond motifs is 3. The first-order valence-electron chi connectivity index (χ1n) is 15.9. The van der Waals surface area contributed by atoms with E-state index < -0.39 is 5.54 Å². The van der Waals surface area contributed by atoms with Crippen molar-refractivity contribution in [2.45, 2.75) is 12.5 Å². The van der Waals surface area contributed by atoms with Gasteiger partial charge < -0.3 is 29.8 Å². The van der Waals surface area contributed by atoms with E-state index in [1.54, 1.807) is 36.4 Å².